The van der Waals surface area contributed by atoms with Crippen molar-refractivity contribution in [1.82, 2.24) is 10.2 Å². The van der Waals surface area contributed by atoms with Gasteiger partial charge in [0.15, 0.2) is 0 Å². The van der Waals surface area contributed by atoms with E-state index in [-0.39, 0.29) is 12.3 Å². The number of hydrogen-bond acceptors (Lipinski definition) is 7. The lowest BCUT2D eigenvalue weighted by atomic mass is 10.2. The van der Waals surface area contributed by atoms with Crippen LogP contribution in [-0.4, -0.2) is 28.1 Å². The Morgan fingerprint density at radius 2 is 1.88 bits per heavy atom. The van der Waals surface area contributed by atoms with E-state index in [1.807, 2.05) is 30.3 Å². The molecule has 0 heterocycles. The molecule has 0 saturated carbocycles. The lowest BCUT2D eigenvalue weighted by Gasteiger charge is -2.20. The number of benzene rings is 2. The molecular formula is C17H19N3O5S. The minimum atomic E-state index is -1.04. The zero-order valence-electron chi connectivity index (χ0n) is 14.0. The maximum Gasteiger partial charge on any atom is 0.284 e. The molecule has 0 fully saturated rings. The molecule has 2 rings (SSSR count). The normalized spacial score (nSPS) is 13.0. The summed E-state index contributed by atoms with van der Waals surface area (Å²) in [4.78, 5) is 28.2. The van der Waals surface area contributed by atoms with Crippen LogP contribution in [0.3, 0.4) is 0 Å². The average molecular weight is 377 g/mol. The van der Waals surface area contributed by atoms with Gasteiger partial charge in [0.25, 0.3) is 11.6 Å². The van der Waals surface area contributed by atoms with E-state index < -0.39 is 23.0 Å². The van der Waals surface area contributed by atoms with E-state index in [0.29, 0.717) is 4.90 Å². The predicted octanol–water partition coefficient (Wildman–Crippen LogP) is 2.19. The number of carbonyl (C=O) groups is 1. The third-order valence-corrected chi connectivity index (χ3v) is 4.31. The van der Waals surface area contributed by atoms with E-state index in [1.165, 1.54) is 13.0 Å². The zero-order chi connectivity index (χ0) is 18.9. The molecule has 2 aromatic rings. The third-order valence-electron chi connectivity index (χ3n) is 3.38. The number of aliphatic hydroxyl groups is 1. The molecule has 0 bridgehead atoms. The second-order valence-corrected chi connectivity index (χ2v) is 6.28. The lowest BCUT2D eigenvalue weighted by Crippen LogP contribution is -2.47. The van der Waals surface area contributed by atoms with Gasteiger partial charge in [-0.05, 0) is 30.5 Å². The maximum atomic E-state index is 12.2. The van der Waals surface area contributed by atoms with Gasteiger partial charge >= 0.3 is 0 Å². The van der Waals surface area contributed by atoms with E-state index in [1.54, 1.807) is 18.2 Å². The molecule has 0 spiro atoms. The van der Waals surface area contributed by atoms with Crippen LogP contribution in [-0.2, 0) is 16.2 Å². The number of aliphatic hydroxyl groups excluding tert-OH is 1. The van der Waals surface area contributed by atoms with Gasteiger partial charge < -0.3 is 5.11 Å². The van der Waals surface area contributed by atoms with Crippen molar-refractivity contribution in [2.45, 2.75) is 30.6 Å². The summed E-state index contributed by atoms with van der Waals surface area (Å²) in [5.41, 5.74) is 3.07. The molecule has 0 unspecified atom stereocenters. The third kappa shape index (κ3) is 5.81. The Balaban J connectivity index is 1.91. The molecular weight excluding hydrogens is 358 g/mol. The number of nitrogens with one attached hydrogen (secondary N) is 2. The van der Waals surface area contributed by atoms with Crippen LogP contribution in [0.15, 0.2) is 59.5 Å². The molecule has 0 aliphatic carbocycles. The van der Waals surface area contributed by atoms with E-state index in [0.717, 1.165) is 17.5 Å². The summed E-state index contributed by atoms with van der Waals surface area (Å²) in [6, 6.07) is 14.4. The number of amides is 1. The molecule has 0 aliphatic rings. The molecule has 9 heteroatoms. The second-order valence-electron chi connectivity index (χ2n) is 5.40. The topological polar surface area (TPSA) is 114 Å². The number of carbonyl (C=O) groups excluding carboxylic acids is 1. The van der Waals surface area contributed by atoms with Crippen molar-refractivity contribution < 1.29 is 19.7 Å². The van der Waals surface area contributed by atoms with Crippen molar-refractivity contribution in [3.8, 4) is 0 Å². The Kier molecular flexibility index (Phi) is 7.54. The molecule has 138 valence electrons. The number of hydroxylamine groups is 1. The fourth-order valence-electron chi connectivity index (χ4n) is 2.02. The average Bonchev–Trinajstić information content (AvgIpc) is 2.62. The Morgan fingerprint density at radius 3 is 2.54 bits per heavy atom. The summed E-state index contributed by atoms with van der Waals surface area (Å²) in [6.45, 7) is 1.62. The van der Waals surface area contributed by atoms with E-state index >= 15 is 0 Å². The smallest absolute Gasteiger partial charge is 0.284 e. The maximum absolute atomic E-state index is 12.2. The molecule has 0 saturated heterocycles. The highest BCUT2D eigenvalue weighted by molar-refractivity contribution is 7.97. The number of rotatable bonds is 9. The number of nitro groups is 1. The van der Waals surface area contributed by atoms with Gasteiger partial charge in [0.05, 0.1) is 17.6 Å². The van der Waals surface area contributed by atoms with Crippen molar-refractivity contribution in [2.75, 3.05) is 0 Å². The Morgan fingerprint density at radius 1 is 1.23 bits per heavy atom. The SMILES string of the molecule is C[C@@H](O)[C@H](NSc1ccccc1[N+](=O)[O-])C(=O)NOCc1ccccc1. The van der Waals surface area contributed by atoms with Crippen LogP contribution in [0.25, 0.3) is 0 Å². The molecule has 2 atom stereocenters. The van der Waals surface area contributed by atoms with Crippen LogP contribution in [0.5, 0.6) is 0 Å². The summed E-state index contributed by atoms with van der Waals surface area (Å²) >= 11 is 0.902. The number of nitro benzene ring substituents is 1. The van der Waals surface area contributed by atoms with Gasteiger partial charge in [0.2, 0.25) is 0 Å². The summed E-state index contributed by atoms with van der Waals surface area (Å²) in [5, 5.41) is 20.9. The first-order chi connectivity index (χ1) is 12.5. The fourth-order valence-corrected chi connectivity index (χ4v) is 2.97. The minimum absolute atomic E-state index is 0.0879. The monoisotopic (exact) mass is 377 g/mol. The van der Waals surface area contributed by atoms with Gasteiger partial charge in [-0.2, -0.15) is 0 Å². The highest BCUT2D eigenvalue weighted by Crippen LogP contribution is 2.27. The Bertz CT molecular complexity index is 742. The Labute approximate surface area is 154 Å². The lowest BCUT2D eigenvalue weighted by molar-refractivity contribution is -0.387. The molecule has 0 aliphatic heterocycles. The highest BCUT2D eigenvalue weighted by atomic mass is 32.2. The summed E-state index contributed by atoms with van der Waals surface area (Å²) in [7, 11) is 0. The number of nitrogens with zero attached hydrogens (tertiary/aromatic N) is 1. The second kappa shape index (κ2) is 9.88. The summed E-state index contributed by atoms with van der Waals surface area (Å²) in [5.74, 6) is -0.581. The highest BCUT2D eigenvalue weighted by Gasteiger charge is 2.25. The van der Waals surface area contributed by atoms with Crippen molar-refractivity contribution in [1.29, 1.82) is 0 Å². The predicted molar refractivity (Wildman–Crippen MR) is 96.9 cm³/mol. The molecule has 0 radical (unpaired) electrons. The van der Waals surface area contributed by atoms with Crippen molar-refractivity contribution in [3.63, 3.8) is 0 Å². The zero-order valence-corrected chi connectivity index (χ0v) is 14.8. The largest absolute Gasteiger partial charge is 0.391 e. The van der Waals surface area contributed by atoms with E-state index in [4.69, 9.17) is 4.84 Å². The van der Waals surface area contributed by atoms with Gasteiger partial charge in [0.1, 0.15) is 10.9 Å². The van der Waals surface area contributed by atoms with E-state index in [2.05, 4.69) is 10.2 Å². The van der Waals surface area contributed by atoms with Gasteiger partial charge in [-0.25, -0.2) is 10.2 Å². The first-order valence-electron chi connectivity index (χ1n) is 7.78. The summed E-state index contributed by atoms with van der Waals surface area (Å²) in [6.07, 6.45) is -1.04. The number of hydrogen-bond donors (Lipinski definition) is 3. The van der Waals surface area contributed by atoms with Crippen molar-refractivity contribution in [3.05, 3.63) is 70.3 Å². The first kappa shape index (κ1) is 19.9. The quantitative estimate of drug-likeness (QED) is 0.349. The molecule has 0 aromatic heterocycles. The van der Waals surface area contributed by atoms with Gasteiger partial charge in [0, 0.05) is 6.07 Å². The van der Waals surface area contributed by atoms with E-state index in [9.17, 15) is 20.0 Å². The van der Waals surface area contributed by atoms with Crippen molar-refractivity contribution in [2.24, 2.45) is 0 Å². The summed E-state index contributed by atoms with van der Waals surface area (Å²) < 4.78 is 2.75. The number of para-hydroxylation sites is 1. The van der Waals surface area contributed by atoms with Crippen molar-refractivity contribution >= 4 is 23.5 Å². The molecule has 3 N–H and O–H groups in total. The fraction of sp³-hybridized carbons (Fsp3) is 0.235. The standard InChI is InChI=1S/C17H19N3O5S/c1-12(21)16(17(22)18-25-11-13-7-3-2-4-8-13)19-26-15-10-6-5-9-14(15)20(23)24/h2-10,12,16,19,21H,11H2,1H3,(H,18,22)/t12-,16+/m1/s1. The molecule has 8 nitrogen and oxygen atoms in total. The molecule has 1 amide bonds. The van der Waals surface area contributed by atoms with Gasteiger partial charge in [-0.15, -0.1) is 0 Å². The van der Waals surface area contributed by atoms with Crippen LogP contribution in [0, 0.1) is 10.1 Å². The van der Waals surface area contributed by atoms with Crippen LogP contribution >= 0.6 is 11.9 Å². The van der Waals surface area contributed by atoms with Crippen LogP contribution in [0.1, 0.15) is 12.5 Å². The molecule has 2 aromatic carbocycles. The van der Waals surface area contributed by atoms with Crippen LogP contribution < -0.4 is 10.2 Å². The van der Waals surface area contributed by atoms with Crippen LogP contribution in [0.2, 0.25) is 0 Å². The van der Waals surface area contributed by atoms with Crippen LogP contribution in [0.4, 0.5) is 5.69 Å². The Hall–Kier alpha value is -2.46. The van der Waals surface area contributed by atoms with Gasteiger partial charge in [-0.1, -0.05) is 42.5 Å². The molecule has 26 heavy (non-hydrogen) atoms. The minimum Gasteiger partial charge on any atom is -0.391 e. The first-order valence-corrected chi connectivity index (χ1v) is 8.60. The van der Waals surface area contributed by atoms with Gasteiger partial charge in [-0.3, -0.25) is 19.7 Å².